The summed E-state index contributed by atoms with van der Waals surface area (Å²) in [6.45, 7) is 6.42. The fourth-order valence-corrected chi connectivity index (χ4v) is 3.05. The molecule has 18 heavy (non-hydrogen) atoms. The molecule has 0 aromatic heterocycles. The minimum absolute atomic E-state index is 0.366. The zero-order chi connectivity index (χ0) is 13.0. The molecule has 1 nitrogen and oxygen atoms in total. The Kier molecular flexibility index (Phi) is 4.57. The normalized spacial score (nSPS) is 31.6. The van der Waals surface area contributed by atoms with E-state index in [-0.39, 0.29) is 0 Å². The third-order valence-corrected chi connectivity index (χ3v) is 4.38. The van der Waals surface area contributed by atoms with Crippen molar-refractivity contribution in [3.8, 4) is 0 Å². The van der Waals surface area contributed by atoms with Gasteiger partial charge < -0.3 is 5.41 Å². The molecule has 98 valence electrons. The molecule has 0 heterocycles. The summed E-state index contributed by atoms with van der Waals surface area (Å²) in [7, 11) is 0. The van der Waals surface area contributed by atoms with Crippen LogP contribution in [0, 0.1) is 23.2 Å². The van der Waals surface area contributed by atoms with Crippen LogP contribution >= 0.6 is 0 Å². The smallest absolute Gasteiger partial charge is 0.0101 e. The van der Waals surface area contributed by atoms with Crippen molar-refractivity contribution < 1.29 is 0 Å². The van der Waals surface area contributed by atoms with Crippen LogP contribution in [0.1, 0.15) is 45.4 Å². The van der Waals surface area contributed by atoms with Gasteiger partial charge in [-0.3, -0.25) is 0 Å². The number of hydrogen-bond donors (Lipinski definition) is 1. The summed E-state index contributed by atoms with van der Waals surface area (Å²) in [6.07, 6.45) is 15.6. The maximum Gasteiger partial charge on any atom is 0.0101 e. The highest BCUT2D eigenvalue weighted by molar-refractivity contribution is 5.82. The molecule has 1 unspecified atom stereocenters. The standard InChI is InChI=1S/C17H25N/c1-13-7-9-15(10-8-13)11-17(18)12-16-6-4-3-5-14(16)2/h3-6,13,15-16,18H,2,7-12H2,1H3. The molecule has 1 saturated carbocycles. The van der Waals surface area contributed by atoms with Gasteiger partial charge in [0.15, 0.2) is 0 Å². The molecule has 1 fully saturated rings. The summed E-state index contributed by atoms with van der Waals surface area (Å²) in [5, 5.41) is 8.20. The van der Waals surface area contributed by atoms with Gasteiger partial charge in [0.2, 0.25) is 0 Å². The van der Waals surface area contributed by atoms with Gasteiger partial charge in [-0.15, -0.1) is 0 Å². The molecule has 0 bridgehead atoms. The first-order chi connectivity index (χ1) is 8.65. The van der Waals surface area contributed by atoms with E-state index in [4.69, 9.17) is 5.41 Å². The Bertz CT molecular complexity index is 367. The van der Waals surface area contributed by atoms with Crippen LogP contribution in [0.15, 0.2) is 36.5 Å². The second-order valence-corrected chi connectivity index (χ2v) is 6.06. The Hall–Kier alpha value is -1.11. The lowest BCUT2D eigenvalue weighted by molar-refractivity contribution is 0.295. The molecule has 2 rings (SSSR count). The molecule has 0 aromatic carbocycles. The monoisotopic (exact) mass is 243 g/mol. The van der Waals surface area contributed by atoms with E-state index in [9.17, 15) is 0 Å². The number of allylic oxidation sites excluding steroid dienone is 5. The van der Waals surface area contributed by atoms with Gasteiger partial charge in [0.05, 0.1) is 0 Å². The van der Waals surface area contributed by atoms with Gasteiger partial charge in [-0.05, 0) is 43.1 Å². The Labute approximate surface area is 111 Å². The van der Waals surface area contributed by atoms with Crippen LogP contribution in [-0.2, 0) is 0 Å². The lowest BCUT2D eigenvalue weighted by Gasteiger charge is -2.27. The lowest BCUT2D eigenvalue weighted by atomic mass is 9.79. The third kappa shape index (κ3) is 3.69. The quantitative estimate of drug-likeness (QED) is 0.678. The van der Waals surface area contributed by atoms with E-state index in [0.717, 1.165) is 36.0 Å². The molecule has 1 heteroatoms. The number of rotatable bonds is 4. The van der Waals surface area contributed by atoms with Crippen molar-refractivity contribution in [2.45, 2.75) is 45.4 Å². The predicted octanol–water partition coefficient (Wildman–Crippen LogP) is 4.91. The average molecular weight is 243 g/mol. The average Bonchev–Trinajstić information content (AvgIpc) is 2.35. The zero-order valence-corrected chi connectivity index (χ0v) is 11.5. The van der Waals surface area contributed by atoms with Crippen molar-refractivity contribution in [1.29, 1.82) is 5.41 Å². The molecule has 0 amide bonds. The summed E-state index contributed by atoms with van der Waals surface area (Å²) in [5.74, 6) is 2.04. The summed E-state index contributed by atoms with van der Waals surface area (Å²) < 4.78 is 0. The van der Waals surface area contributed by atoms with Crippen molar-refractivity contribution in [2.24, 2.45) is 17.8 Å². The maximum atomic E-state index is 8.20. The van der Waals surface area contributed by atoms with Gasteiger partial charge in [-0.25, -0.2) is 0 Å². The fourth-order valence-electron chi connectivity index (χ4n) is 3.05. The molecule has 2 aliphatic rings. The minimum Gasteiger partial charge on any atom is -0.310 e. The van der Waals surface area contributed by atoms with Crippen LogP contribution in [0.25, 0.3) is 0 Å². The number of hydrogen-bond acceptors (Lipinski definition) is 1. The van der Waals surface area contributed by atoms with E-state index < -0.39 is 0 Å². The molecular formula is C17H25N. The van der Waals surface area contributed by atoms with E-state index in [1.807, 2.05) is 6.08 Å². The highest BCUT2D eigenvalue weighted by atomic mass is 14.4. The lowest BCUT2D eigenvalue weighted by Crippen LogP contribution is -2.17. The number of nitrogens with one attached hydrogen (secondary N) is 1. The van der Waals surface area contributed by atoms with Crippen molar-refractivity contribution in [3.63, 3.8) is 0 Å². The largest absolute Gasteiger partial charge is 0.310 e. The first-order valence-corrected chi connectivity index (χ1v) is 7.25. The molecule has 0 aromatic rings. The Morgan fingerprint density at radius 2 is 1.94 bits per heavy atom. The Balaban J connectivity index is 1.77. The maximum absolute atomic E-state index is 8.20. The van der Waals surface area contributed by atoms with Crippen molar-refractivity contribution >= 4 is 5.71 Å². The molecule has 0 saturated heterocycles. The minimum atomic E-state index is 0.366. The highest BCUT2D eigenvalue weighted by Crippen LogP contribution is 2.31. The molecule has 2 aliphatic carbocycles. The second-order valence-electron chi connectivity index (χ2n) is 6.06. The summed E-state index contributed by atoms with van der Waals surface area (Å²) in [4.78, 5) is 0. The van der Waals surface area contributed by atoms with E-state index in [1.165, 1.54) is 25.7 Å². The molecular weight excluding hydrogens is 218 g/mol. The van der Waals surface area contributed by atoms with Gasteiger partial charge in [0.1, 0.15) is 0 Å². The predicted molar refractivity (Wildman–Crippen MR) is 79.0 cm³/mol. The van der Waals surface area contributed by atoms with Gasteiger partial charge in [-0.1, -0.05) is 50.6 Å². The van der Waals surface area contributed by atoms with E-state index in [2.05, 4.69) is 31.7 Å². The topological polar surface area (TPSA) is 23.9 Å². The highest BCUT2D eigenvalue weighted by Gasteiger charge is 2.20. The molecule has 0 radical (unpaired) electrons. The second kappa shape index (κ2) is 6.17. The van der Waals surface area contributed by atoms with Gasteiger partial charge in [-0.2, -0.15) is 0 Å². The van der Waals surface area contributed by atoms with Crippen LogP contribution in [-0.4, -0.2) is 5.71 Å². The molecule has 0 spiro atoms. The Morgan fingerprint density at radius 3 is 2.61 bits per heavy atom. The fraction of sp³-hybridized carbons (Fsp3) is 0.588. The van der Waals surface area contributed by atoms with Gasteiger partial charge in [0.25, 0.3) is 0 Å². The van der Waals surface area contributed by atoms with Crippen LogP contribution in [0.4, 0.5) is 0 Å². The Morgan fingerprint density at radius 1 is 1.22 bits per heavy atom. The third-order valence-electron chi connectivity index (χ3n) is 4.38. The van der Waals surface area contributed by atoms with Crippen molar-refractivity contribution in [1.82, 2.24) is 0 Å². The summed E-state index contributed by atoms with van der Waals surface area (Å²) in [5.41, 5.74) is 2.07. The first kappa shape index (κ1) is 13.3. The van der Waals surface area contributed by atoms with Crippen LogP contribution in [0.5, 0.6) is 0 Å². The SMILES string of the molecule is C=C1C=CC=CC1CC(=N)CC1CCC(C)CC1. The van der Waals surface area contributed by atoms with Crippen molar-refractivity contribution in [3.05, 3.63) is 36.5 Å². The van der Waals surface area contributed by atoms with Gasteiger partial charge >= 0.3 is 0 Å². The molecule has 1 N–H and O–H groups in total. The summed E-state index contributed by atoms with van der Waals surface area (Å²) >= 11 is 0. The van der Waals surface area contributed by atoms with Crippen LogP contribution in [0.3, 0.4) is 0 Å². The zero-order valence-electron chi connectivity index (χ0n) is 11.5. The van der Waals surface area contributed by atoms with Gasteiger partial charge in [0, 0.05) is 11.6 Å². The molecule has 1 atom stereocenters. The van der Waals surface area contributed by atoms with Crippen molar-refractivity contribution in [2.75, 3.05) is 0 Å². The van der Waals surface area contributed by atoms with E-state index >= 15 is 0 Å². The van der Waals surface area contributed by atoms with E-state index in [0.29, 0.717) is 5.92 Å². The van der Waals surface area contributed by atoms with E-state index in [1.54, 1.807) is 0 Å². The summed E-state index contributed by atoms with van der Waals surface area (Å²) in [6, 6.07) is 0. The molecule has 0 aliphatic heterocycles. The van der Waals surface area contributed by atoms with Crippen LogP contribution < -0.4 is 0 Å². The first-order valence-electron chi connectivity index (χ1n) is 7.25. The van der Waals surface area contributed by atoms with Crippen LogP contribution in [0.2, 0.25) is 0 Å².